The Kier molecular flexibility index (Phi) is 8.13. The maximum absolute atomic E-state index is 13.0. The second-order valence-corrected chi connectivity index (χ2v) is 8.80. The minimum absolute atomic E-state index is 0.539. The highest BCUT2D eigenvalue weighted by Crippen LogP contribution is 2.31. The van der Waals surface area contributed by atoms with E-state index in [-0.39, 0.29) is 0 Å². The number of halogens is 3. The van der Waals surface area contributed by atoms with Crippen LogP contribution in [0.15, 0.2) is 77.9 Å². The number of unbranched alkanes of at least 4 members (excludes halogenated alkanes) is 2. The van der Waals surface area contributed by atoms with Crippen LogP contribution >= 0.6 is 0 Å². The summed E-state index contributed by atoms with van der Waals surface area (Å²) < 4.78 is 40.0. The molecule has 0 saturated carbocycles. The fraction of sp³-hybridized carbons (Fsp3) is 0.370. The summed E-state index contributed by atoms with van der Waals surface area (Å²) >= 11 is 0. The van der Waals surface area contributed by atoms with Crippen LogP contribution in [0.4, 0.5) is 18.9 Å². The fourth-order valence-electron chi connectivity index (χ4n) is 4.34. The summed E-state index contributed by atoms with van der Waals surface area (Å²) in [7, 11) is 0. The molecule has 5 nitrogen and oxygen atoms in total. The van der Waals surface area contributed by atoms with Crippen molar-refractivity contribution in [1.82, 2.24) is 9.63 Å². The predicted octanol–water partition coefficient (Wildman–Crippen LogP) is 5.30. The van der Waals surface area contributed by atoms with Gasteiger partial charge in [-0.1, -0.05) is 42.8 Å². The molecule has 1 aliphatic rings. The molecule has 4 rings (SSSR count). The van der Waals surface area contributed by atoms with Crippen molar-refractivity contribution in [3.8, 4) is 11.1 Å². The van der Waals surface area contributed by atoms with Crippen molar-refractivity contribution >= 4 is 5.69 Å². The first kappa shape index (κ1) is 24.9. The van der Waals surface area contributed by atoms with Gasteiger partial charge in [-0.05, 0) is 60.8 Å². The molecule has 8 heteroatoms. The Morgan fingerprint density at radius 3 is 2.31 bits per heavy atom. The summed E-state index contributed by atoms with van der Waals surface area (Å²) in [6, 6.07) is 19.3. The third kappa shape index (κ3) is 6.88. The molecule has 0 amide bonds. The zero-order valence-corrected chi connectivity index (χ0v) is 19.7. The zero-order valence-electron chi connectivity index (χ0n) is 19.7. The van der Waals surface area contributed by atoms with Crippen LogP contribution in [0.5, 0.6) is 0 Å². The number of rotatable bonds is 8. The normalized spacial score (nSPS) is 15.5. The molecular weight excluding hydrogens is 453 g/mol. The lowest BCUT2D eigenvalue weighted by Crippen LogP contribution is -2.46. The molecule has 1 fully saturated rings. The third-order valence-corrected chi connectivity index (χ3v) is 6.34. The van der Waals surface area contributed by atoms with Crippen LogP contribution in [0.25, 0.3) is 11.1 Å². The first-order valence-corrected chi connectivity index (χ1v) is 12.0. The Bertz CT molecular complexity index is 1150. The summed E-state index contributed by atoms with van der Waals surface area (Å²) in [5.74, 6) is 0. The number of nitrogens with zero attached hydrogens (tertiary/aromatic N) is 4. The van der Waals surface area contributed by atoms with Crippen LogP contribution in [0.3, 0.4) is 0 Å². The molecule has 1 aliphatic heterocycles. The lowest BCUT2D eigenvalue weighted by atomic mass is 10.1. The van der Waals surface area contributed by atoms with Crippen molar-refractivity contribution < 1.29 is 18.4 Å². The largest absolute Gasteiger partial charge is 0.427 e. The number of hydrogen-bond acceptors (Lipinski definition) is 4. The minimum Gasteiger partial charge on any atom is -0.427 e. The second-order valence-electron chi connectivity index (χ2n) is 8.80. The van der Waals surface area contributed by atoms with Crippen LogP contribution in [0.1, 0.15) is 24.8 Å². The van der Waals surface area contributed by atoms with Gasteiger partial charge in [0.2, 0.25) is 0 Å². The van der Waals surface area contributed by atoms with E-state index in [9.17, 15) is 18.4 Å². The minimum atomic E-state index is -4.31. The van der Waals surface area contributed by atoms with Gasteiger partial charge >= 0.3 is 6.18 Å². The summed E-state index contributed by atoms with van der Waals surface area (Å²) in [6.07, 6.45) is 0.301. The van der Waals surface area contributed by atoms with Gasteiger partial charge in [-0.2, -0.15) is 17.9 Å². The number of piperazine rings is 1. The van der Waals surface area contributed by atoms with Crippen molar-refractivity contribution in [3.05, 3.63) is 84.0 Å². The Morgan fingerprint density at radius 2 is 1.57 bits per heavy atom. The smallest absolute Gasteiger partial charge is 0.416 e. The molecule has 1 aromatic heterocycles. The fourth-order valence-corrected chi connectivity index (χ4v) is 4.34. The molecule has 0 bridgehead atoms. The quantitative estimate of drug-likeness (QED) is 0.348. The van der Waals surface area contributed by atoms with E-state index >= 15 is 0 Å². The number of alkyl halides is 3. The molecular formula is C27H31F3N4O. The molecule has 3 aromatic rings. The molecule has 35 heavy (non-hydrogen) atoms. The van der Waals surface area contributed by atoms with Gasteiger partial charge in [0.05, 0.1) is 5.56 Å². The number of benzene rings is 2. The second kappa shape index (κ2) is 11.4. The molecule has 2 heterocycles. The van der Waals surface area contributed by atoms with Gasteiger partial charge in [0.25, 0.3) is 0 Å². The first-order valence-electron chi connectivity index (χ1n) is 12.0. The van der Waals surface area contributed by atoms with Gasteiger partial charge in [0.1, 0.15) is 0 Å². The molecule has 0 atom stereocenters. The monoisotopic (exact) mass is 484 g/mol. The maximum Gasteiger partial charge on any atom is 0.416 e. The van der Waals surface area contributed by atoms with Crippen LogP contribution in [0, 0.1) is 0 Å². The van der Waals surface area contributed by atoms with E-state index in [4.69, 9.17) is 0 Å². The summed E-state index contributed by atoms with van der Waals surface area (Å²) in [4.78, 5) is 8.95. The van der Waals surface area contributed by atoms with Crippen LogP contribution in [-0.4, -0.2) is 54.1 Å². The van der Waals surface area contributed by atoms with Gasteiger partial charge in [0, 0.05) is 44.6 Å². The van der Waals surface area contributed by atoms with Crippen molar-refractivity contribution in [2.24, 2.45) is 4.99 Å². The average Bonchev–Trinajstić information content (AvgIpc) is 2.87. The van der Waals surface area contributed by atoms with Gasteiger partial charge in [-0.15, -0.1) is 0 Å². The molecule has 2 aromatic carbocycles. The topological polar surface area (TPSA) is 44.0 Å². The maximum atomic E-state index is 13.0. The Hall–Kier alpha value is -3.26. The van der Waals surface area contributed by atoms with E-state index in [1.54, 1.807) is 12.3 Å². The number of aromatic nitrogens is 1. The lowest BCUT2D eigenvalue weighted by molar-refractivity contribution is -0.137. The molecule has 1 N–H and O–H groups in total. The van der Waals surface area contributed by atoms with E-state index < -0.39 is 11.7 Å². The molecule has 0 aliphatic carbocycles. The summed E-state index contributed by atoms with van der Waals surface area (Å²) in [5, 5.41) is 10.1. The number of pyridine rings is 1. The molecule has 0 radical (unpaired) electrons. The Balaban J connectivity index is 1.19. The lowest BCUT2D eigenvalue weighted by Gasteiger charge is -2.36. The molecule has 1 saturated heterocycles. The van der Waals surface area contributed by atoms with Crippen LogP contribution in [-0.2, 0) is 6.18 Å². The summed E-state index contributed by atoms with van der Waals surface area (Å²) in [5.41, 5.74) is 2.67. The first-order chi connectivity index (χ1) is 16.9. The van der Waals surface area contributed by atoms with Crippen LogP contribution in [0.2, 0.25) is 0 Å². The van der Waals surface area contributed by atoms with Crippen molar-refractivity contribution in [3.63, 3.8) is 0 Å². The van der Waals surface area contributed by atoms with E-state index in [0.717, 1.165) is 73.9 Å². The van der Waals surface area contributed by atoms with E-state index in [1.165, 1.54) is 12.1 Å². The molecule has 0 spiro atoms. The standard InChI is InChI=1S/C27H31F3N4O/c28-27(29,30)24-10-7-11-25(21-24)33-18-16-32(17-19-33)14-6-2-5-13-31-26-20-23(12-15-34(26)35)22-8-3-1-4-9-22/h1,3-4,7-12,15,20-21,35H,2,5-6,13-14,16-19H2. The highest BCUT2D eigenvalue weighted by Gasteiger charge is 2.31. The predicted molar refractivity (Wildman–Crippen MR) is 131 cm³/mol. The number of hydrogen-bond donors (Lipinski definition) is 1. The van der Waals surface area contributed by atoms with Crippen molar-refractivity contribution in [2.75, 3.05) is 44.2 Å². The van der Waals surface area contributed by atoms with E-state index in [0.29, 0.717) is 17.7 Å². The molecule has 0 unspecified atom stereocenters. The number of anilines is 1. The van der Waals surface area contributed by atoms with Crippen LogP contribution < -0.4 is 10.4 Å². The van der Waals surface area contributed by atoms with Crippen molar-refractivity contribution in [2.45, 2.75) is 25.4 Å². The Morgan fingerprint density at radius 1 is 0.800 bits per heavy atom. The van der Waals surface area contributed by atoms with Crippen molar-refractivity contribution in [1.29, 1.82) is 0 Å². The van der Waals surface area contributed by atoms with Gasteiger partial charge in [0.15, 0.2) is 5.49 Å². The van der Waals surface area contributed by atoms with Gasteiger partial charge < -0.3 is 10.1 Å². The van der Waals surface area contributed by atoms with E-state index in [1.807, 2.05) is 47.4 Å². The highest BCUT2D eigenvalue weighted by atomic mass is 19.4. The van der Waals surface area contributed by atoms with Gasteiger partial charge in [-0.25, -0.2) is 0 Å². The zero-order chi connectivity index (χ0) is 24.7. The average molecular weight is 485 g/mol. The highest BCUT2D eigenvalue weighted by molar-refractivity contribution is 5.62. The Labute approximate surface area is 203 Å². The van der Waals surface area contributed by atoms with E-state index in [2.05, 4.69) is 9.89 Å². The summed E-state index contributed by atoms with van der Waals surface area (Å²) in [6.45, 7) is 4.76. The third-order valence-electron chi connectivity index (χ3n) is 6.34. The SMILES string of the molecule is On1ccc(-c2ccccc2)cc1=NCCCCCN1CCN(c2cccc(C(F)(F)F)c2)CC1. The molecule has 186 valence electrons. The van der Waals surface area contributed by atoms with Gasteiger partial charge in [-0.3, -0.25) is 9.89 Å².